The molecule has 2 saturated heterocycles. The van der Waals surface area contributed by atoms with Crippen molar-refractivity contribution < 1.29 is 9.53 Å². The van der Waals surface area contributed by atoms with E-state index in [2.05, 4.69) is 20.0 Å². The van der Waals surface area contributed by atoms with Crippen LogP contribution in [-0.4, -0.2) is 70.8 Å². The monoisotopic (exact) mass is 332 g/mol. The van der Waals surface area contributed by atoms with E-state index in [4.69, 9.17) is 4.74 Å². The largest absolute Gasteiger partial charge is 0.378 e. The summed E-state index contributed by atoms with van der Waals surface area (Å²) in [4.78, 5) is 17.6. The zero-order valence-electron chi connectivity index (χ0n) is 14.3. The van der Waals surface area contributed by atoms with Crippen molar-refractivity contribution in [2.45, 2.75) is 56.5 Å². The van der Waals surface area contributed by atoms with Crippen molar-refractivity contribution in [1.82, 2.24) is 20.0 Å². The normalized spacial score (nSPS) is 27.7. The summed E-state index contributed by atoms with van der Waals surface area (Å²) in [6.45, 7) is 3.94. The van der Waals surface area contributed by atoms with Gasteiger partial charge in [-0.25, -0.2) is 0 Å². The fraction of sp³-hybridized carbons (Fsp3) is 0.778. The molecular weight excluding hydrogens is 304 g/mol. The third-order valence-electron chi connectivity index (χ3n) is 6.05. The summed E-state index contributed by atoms with van der Waals surface area (Å²) in [5.41, 5.74) is 1.27. The van der Waals surface area contributed by atoms with Crippen LogP contribution in [0.2, 0.25) is 0 Å². The molecule has 0 spiro atoms. The van der Waals surface area contributed by atoms with Crippen molar-refractivity contribution in [3.05, 3.63) is 18.0 Å². The van der Waals surface area contributed by atoms with Gasteiger partial charge < -0.3 is 9.64 Å². The minimum atomic E-state index is -0.0627. The number of amides is 1. The van der Waals surface area contributed by atoms with Gasteiger partial charge >= 0.3 is 0 Å². The Labute approximate surface area is 143 Å². The van der Waals surface area contributed by atoms with Crippen LogP contribution >= 0.6 is 0 Å². The summed E-state index contributed by atoms with van der Waals surface area (Å²) >= 11 is 0. The summed E-state index contributed by atoms with van der Waals surface area (Å²) in [6.07, 6.45) is 11.1. The highest BCUT2D eigenvalue weighted by Gasteiger charge is 2.38. The van der Waals surface area contributed by atoms with Crippen LogP contribution in [0, 0.1) is 0 Å². The van der Waals surface area contributed by atoms with Crippen molar-refractivity contribution in [3.8, 4) is 0 Å². The van der Waals surface area contributed by atoms with E-state index < -0.39 is 0 Å². The van der Waals surface area contributed by atoms with Crippen LogP contribution in [0.25, 0.3) is 0 Å². The number of rotatable bonds is 3. The molecule has 1 amide bonds. The molecule has 1 aromatic rings. The average Bonchev–Trinajstić information content (AvgIpc) is 3.35. The SMILES string of the molecule is O=C(C1COCCN1C1CCCC1)N1CCC(c2cn[nH]c2)CC1. The first kappa shape index (κ1) is 16.1. The van der Waals surface area contributed by atoms with Crippen LogP contribution in [-0.2, 0) is 9.53 Å². The van der Waals surface area contributed by atoms with Gasteiger partial charge in [-0.05, 0) is 37.2 Å². The molecule has 132 valence electrons. The number of nitrogens with zero attached hydrogens (tertiary/aromatic N) is 3. The van der Waals surface area contributed by atoms with Crippen LogP contribution < -0.4 is 0 Å². The number of ether oxygens (including phenoxy) is 1. The maximum Gasteiger partial charge on any atom is 0.242 e. The second-order valence-corrected chi connectivity index (χ2v) is 7.40. The molecule has 1 N–H and O–H groups in total. The zero-order chi connectivity index (χ0) is 16.4. The number of aromatic nitrogens is 2. The molecule has 3 heterocycles. The Kier molecular flexibility index (Phi) is 4.85. The van der Waals surface area contributed by atoms with Crippen LogP contribution in [0.1, 0.15) is 50.0 Å². The zero-order valence-corrected chi connectivity index (χ0v) is 14.3. The Hall–Kier alpha value is -1.40. The van der Waals surface area contributed by atoms with E-state index in [0.29, 0.717) is 18.6 Å². The lowest BCUT2D eigenvalue weighted by atomic mass is 9.91. The fourth-order valence-electron chi connectivity index (χ4n) is 4.63. The van der Waals surface area contributed by atoms with Crippen molar-refractivity contribution in [2.24, 2.45) is 0 Å². The molecule has 6 heteroatoms. The van der Waals surface area contributed by atoms with E-state index in [-0.39, 0.29) is 11.9 Å². The van der Waals surface area contributed by atoms with Gasteiger partial charge in [-0.3, -0.25) is 14.8 Å². The minimum Gasteiger partial charge on any atom is -0.378 e. The first-order valence-corrected chi connectivity index (χ1v) is 9.44. The van der Waals surface area contributed by atoms with E-state index in [1.807, 2.05) is 12.4 Å². The van der Waals surface area contributed by atoms with Gasteiger partial charge in [-0.1, -0.05) is 12.8 Å². The highest BCUT2D eigenvalue weighted by Crippen LogP contribution is 2.30. The Morgan fingerprint density at radius 2 is 1.96 bits per heavy atom. The van der Waals surface area contributed by atoms with Gasteiger partial charge in [0.05, 0.1) is 19.4 Å². The van der Waals surface area contributed by atoms with E-state index in [1.54, 1.807) is 0 Å². The van der Waals surface area contributed by atoms with Crippen molar-refractivity contribution >= 4 is 5.91 Å². The molecule has 2 aliphatic heterocycles. The second-order valence-electron chi connectivity index (χ2n) is 7.40. The Balaban J connectivity index is 1.37. The van der Waals surface area contributed by atoms with Gasteiger partial charge in [0.1, 0.15) is 6.04 Å². The molecule has 3 fully saturated rings. The molecule has 24 heavy (non-hydrogen) atoms. The minimum absolute atomic E-state index is 0.0627. The lowest BCUT2D eigenvalue weighted by Gasteiger charge is -2.42. The summed E-state index contributed by atoms with van der Waals surface area (Å²) in [7, 11) is 0. The number of H-pyrrole nitrogens is 1. The van der Waals surface area contributed by atoms with Gasteiger partial charge in [-0.15, -0.1) is 0 Å². The van der Waals surface area contributed by atoms with E-state index in [0.717, 1.165) is 39.1 Å². The van der Waals surface area contributed by atoms with Crippen LogP contribution in [0.4, 0.5) is 0 Å². The molecule has 1 aromatic heterocycles. The predicted molar refractivity (Wildman–Crippen MR) is 90.7 cm³/mol. The number of piperidine rings is 1. The fourth-order valence-corrected chi connectivity index (χ4v) is 4.63. The maximum atomic E-state index is 13.1. The average molecular weight is 332 g/mol. The predicted octanol–water partition coefficient (Wildman–Crippen LogP) is 1.76. The summed E-state index contributed by atoms with van der Waals surface area (Å²) in [5, 5.41) is 6.95. The number of aromatic amines is 1. The Bertz CT molecular complexity index is 533. The third kappa shape index (κ3) is 3.22. The topological polar surface area (TPSA) is 61.5 Å². The van der Waals surface area contributed by atoms with Gasteiger partial charge in [0.15, 0.2) is 0 Å². The molecule has 6 nitrogen and oxygen atoms in total. The number of carbonyl (C=O) groups is 1. The Morgan fingerprint density at radius 3 is 2.67 bits per heavy atom. The molecule has 4 rings (SSSR count). The lowest BCUT2D eigenvalue weighted by molar-refractivity contribution is -0.146. The molecule has 1 aliphatic carbocycles. The van der Waals surface area contributed by atoms with Crippen molar-refractivity contribution in [3.63, 3.8) is 0 Å². The quantitative estimate of drug-likeness (QED) is 0.916. The number of morpholine rings is 1. The molecule has 1 unspecified atom stereocenters. The molecule has 0 aromatic carbocycles. The number of hydrogen-bond acceptors (Lipinski definition) is 4. The first-order valence-electron chi connectivity index (χ1n) is 9.44. The first-order chi connectivity index (χ1) is 11.8. The van der Waals surface area contributed by atoms with Gasteiger partial charge in [-0.2, -0.15) is 5.10 Å². The van der Waals surface area contributed by atoms with Gasteiger partial charge in [0, 0.05) is 31.9 Å². The Morgan fingerprint density at radius 1 is 1.17 bits per heavy atom. The van der Waals surface area contributed by atoms with Crippen LogP contribution in [0.5, 0.6) is 0 Å². The highest BCUT2D eigenvalue weighted by atomic mass is 16.5. The smallest absolute Gasteiger partial charge is 0.242 e. The van der Waals surface area contributed by atoms with E-state index in [1.165, 1.54) is 31.2 Å². The number of hydrogen-bond donors (Lipinski definition) is 1. The number of likely N-dealkylation sites (tertiary alicyclic amines) is 1. The third-order valence-corrected chi connectivity index (χ3v) is 6.05. The lowest BCUT2D eigenvalue weighted by Crippen LogP contribution is -2.58. The standard InChI is InChI=1S/C18H28N4O2/c23-18(17-13-24-10-9-22(17)16-3-1-2-4-16)21-7-5-14(6-8-21)15-11-19-20-12-15/h11-12,14,16-17H,1-10,13H2,(H,19,20). The molecule has 1 atom stereocenters. The van der Waals surface area contributed by atoms with Gasteiger partial charge in [0.2, 0.25) is 5.91 Å². The van der Waals surface area contributed by atoms with Crippen LogP contribution in [0.15, 0.2) is 12.4 Å². The number of carbonyl (C=O) groups excluding carboxylic acids is 1. The van der Waals surface area contributed by atoms with E-state index >= 15 is 0 Å². The molecule has 3 aliphatic rings. The molecule has 0 bridgehead atoms. The van der Waals surface area contributed by atoms with E-state index in [9.17, 15) is 4.79 Å². The van der Waals surface area contributed by atoms with Crippen LogP contribution in [0.3, 0.4) is 0 Å². The summed E-state index contributed by atoms with van der Waals surface area (Å²) in [6, 6.07) is 0.527. The second kappa shape index (κ2) is 7.23. The molecule has 1 saturated carbocycles. The maximum absolute atomic E-state index is 13.1. The summed E-state index contributed by atoms with van der Waals surface area (Å²) in [5.74, 6) is 0.814. The van der Waals surface area contributed by atoms with Crippen molar-refractivity contribution in [2.75, 3.05) is 32.8 Å². The summed E-state index contributed by atoms with van der Waals surface area (Å²) < 4.78 is 5.66. The molecular formula is C18H28N4O2. The van der Waals surface area contributed by atoms with Gasteiger partial charge in [0.25, 0.3) is 0 Å². The molecule has 0 radical (unpaired) electrons. The van der Waals surface area contributed by atoms with Crippen molar-refractivity contribution in [1.29, 1.82) is 0 Å². The number of nitrogens with one attached hydrogen (secondary N) is 1. The highest BCUT2D eigenvalue weighted by molar-refractivity contribution is 5.82.